The number of fused-ring (bicyclic) bond motifs is 16. The van der Waals surface area contributed by atoms with Gasteiger partial charge in [0.05, 0.1) is 16.2 Å². The lowest BCUT2D eigenvalue weighted by Gasteiger charge is -2.70. The molecule has 5 N–H and O–H groups in total. The second-order valence-corrected chi connectivity index (χ2v) is 32.0. The number of amides is 1. The Kier molecular flexibility index (Phi) is 14.6. The number of nitrogens with two attached hydrogens (primary N) is 1. The average Bonchev–Trinajstić information content (AvgIpc) is 2.04. The molecule has 0 saturated heterocycles. The number of carbonyl (C=O) groups is 3. The van der Waals surface area contributed by atoms with E-state index >= 15 is 0 Å². The number of aliphatic carboxylic acids is 2. The second kappa shape index (κ2) is 19.5. The average molecular weight is 1170 g/mol. The Balaban J connectivity index is 0.000000176. The van der Waals surface area contributed by atoms with Crippen molar-refractivity contribution >= 4 is 41.0 Å². The molecule has 12 rings (SSSR count). The summed E-state index contributed by atoms with van der Waals surface area (Å²) in [4.78, 5) is 37.0. The summed E-state index contributed by atoms with van der Waals surface area (Å²) in [5.41, 5.74) is 15.7. The van der Waals surface area contributed by atoms with E-state index in [9.17, 15) is 24.6 Å². The Morgan fingerprint density at radius 2 is 0.927 bits per heavy atom. The van der Waals surface area contributed by atoms with Gasteiger partial charge < -0.3 is 40.2 Å². The minimum Gasteiger partial charge on any atom is -0.481 e. The normalized spacial score (nSPS) is 41.6. The van der Waals surface area contributed by atoms with Gasteiger partial charge in [0.25, 0.3) is 0 Å². The van der Waals surface area contributed by atoms with Gasteiger partial charge in [-0.3, -0.25) is 14.4 Å². The predicted molar refractivity (Wildman–Crippen MR) is 325 cm³/mol. The van der Waals surface area contributed by atoms with Crippen LogP contribution >= 0.6 is 23.2 Å². The molecule has 6 saturated carbocycles. The summed E-state index contributed by atoms with van der Waals surface area (Å²) in [6.45, 7) is 38.5. The van der Waals surface area contributed by atoms with E-state index in [4.69, 9.17) is 47.9 Å². The van der Waals surface area contributed by atoms with Crippen LogP contribution in [0, 0.1) is 69.0 Å². The highest BCUT2D eigenvalue weighted by Crippen LogP contribution is 2.77. The SMILES string of the molecule is CC(=O)NC[C@@H]1C=C2[C@@](C)(CC[C@@]3(C)[C@@H]4C[C@](C)(C(=O)O)CC[C@]4(C)CC[C@]23C)c2cc3c(c(C)c21)OC(C)(C)O3.Cc1c2c(cc3c1[C@H](CN)C=C1[C@@]3(C)CC[C@@]3(C)[C@@H]4C[C@](C)(C(=O)O)CC[C@]4(C)CC[C@]13C)OC(C)(C)O2.ClCCl. The van der Waals surface area contributed by atoms with Crippen LogP contribution in [0.15, 0.2) is 35.4 Å². The Morgan fingerprint density at radius 3 is 1.29 bits per heavy atom. The Labute approximate surface area is 500 Å². The van der Waals surface area contributed by atoms with Crippen molar-refractivity contribution in [3.63, 3.8) is 0 Å². The molecule has 0 spiro atoms. The molecule has 82 heavy (non-hydrogen) atoms. The molecule has 10 aliphatic rings. The third kappa shape index (κ3) is 8.77. The smallest absolute Gasteiger partial charge is 0.309 e. The molecule has 6 fully saturated rings. The standard InChI is InChI=1S/C35H49NO5.C33H47NO4.CH2Cl2/c1-20-27-22(19-36-21(2)37)16-25-33(7,23(27)17-24-28(20)41-30(3,4)40-24)13-15-35(9)26-18-32(6,29(38)39)11-10-31(26,5)12-14-34(25,35)8;1-19-25-20(18-34)15-23-31(6,21(25)16-22-26(19)38-28(2,3)37-22)12-14-33(8)24-17-30(5,27(35)36)10-9-29(24,4)11-13-32(23,33)7;2-1-3/h16-17,22,26H,10-15,18-19H2,1-9H3,(H,36,37)(H,38,39);15-16,20,24H,9-14,17-18,34H2,1-8H3,(H,35,36);1H2/t22-,26+,31+,32+,33-,34+,35-;20-,24+,29+,30+,31-,32+,33-;/m00./s1. The van der Waals surface area contributed by atoms with Gasteiger partial charge in [0, 0.05) is 70.4 Å². The number of carbonyl (C=O) groups excluding carboxylic acids is 1. The number of benzene rings is 2. The highest BCUT2D eigenvalue weighted by atomic mass is 35.5. The lowest BCUT2D eigenvalue weighted by Crippen LogP contribution is -2.62. The molecule has 8 aliphatic carbocycles. The lowest BCUT2D eigenvalue weighted by molar-refractivity contribution is -0.177. The van der Waals surface area contributed by atoms with E-state index in [1.54, 1.807) is 6.92 Å². The fourth-order valence-electron chi connectivity index (χ4n) is 20.1. The van der Waals surface area contributed by atoms with Gasteiger partial charge in [-0.05, 0) is 207 Å². The maximum atomic E-state index is 12.5. The molecule has 2 aromatic carbocycles. The third-order valence-corrected chi connectivity index (χ3v) is 25.6. The first kappa shape index (κ1) is 61.2. The van der Waals surface area contributed by atoms with Gasteiger partial charge in [0.15, 0.2) is 23.0 Å². The Bertz CT molecular complexity index is 3080. The fraction of sp³-hybridized carbons (Fsp3) is 0.725. The molecule has 2 aliphatic heterocycles. The first-order valence-electron chi connectivity index (χ1n) is 31.0. The van der Waals surface area contributed by atoms with Crippen LogP contribution in [-0.4, -0.2) is 58.1 Å². The van der Waals surface area contributed by atoms with E-state index in [2.05, 4.69) is 98.8 Å². The molecular formula is C69H98Cl2N2O9. The monoisotopic (exact) mass is 1170 g/mol. The number of carboxylic acid groups (broad SMARTS) is 2. The van der Waals surface area contributed by atoms with Gasteiger partial charge in [0.1, 0.15) is 0 Å². The lowest BCUT2D eigenvalue weighted by atomic mass is 9.34. The molecule has 2 aromatic rings. The van der Waals surface area contributed by atoms with E-state index in [0.29, 0.717) is 24.9 Å². The predicted octanol–water partition coefficient (Wildman–Crippen LogP) is 16.1. The van der Waals surface area contributed by atoms with Crippen molar-refractivity contribution in [2.24, 2.45) is 60.9 Å². The number of rotatable bonds is 5. The number of nitrogens with one attached hydrogen (secondary N) is 1. The minimum absolute atomic E-state index is 0.0183. The number of hydrogen-bond acceptors (Lipinski definition) is 8. The molecule has 0 aromatic heterocycles. The maximum Gasteiger partial charge on any atom is 0.309 e. The van der Waals surface area contributed by atoms with E-state index in [0.717, 1.165) is 124 Å². The Morgan fingerprint density at radius 1 is 0.561 bits per heavy atom. The van der Waals surface area contributed by atoms with Gasteiger partial charge >= 0.3 is 11.9 Å². The summed E-state index contributed by atoms with van der Waals surface area (Å²) < 4.78 is 25.1. The summed E-state index contributed by atoms with van der Waals surface area (Å²) in [6, 6.07) is 4.50. The zero-order valence-electron chi connectivity index (χ0n) is 52.7. The molecule has 1 amide bonds. The van der Waals surface area contributed by atoms with Crippen LogP contribution in [0.5, 0.6) is 23.0 Å². The summed E-state index contributed by atoms with van der Waals surface area (Å²) in [5, 5.41) is 23.8. The molecule has 13 heteroatoms. The highest BCUT2D eigenvalue weighted by Gasteiger charge is 2.70. The zero-order chi connectivity index (χ0) is 60.4. The molecule has 0 radical (unpaired) electrons. The van der Waals surface area contributed by atoms with Crippen molar-refractivity contribution in [3.05, 3.63) is 68.8 Å². The van der Waals surface area contributed by atoms with Gasteiger partial charge in [-0.15, -0.1) is 23.2 Å². The van der Waals surface area contributed by atoms with Crippen LogP contribution in [0.3, 0.4) is 0 Å². The maximum absolute atomic E-state index is 12.5. The first-order valence-corrected chi connectivity index (χ1v) is 32.0. The van der Waals surface area contributed by atoms with Gasteiger partial charge in [0.2, 0.25) is 17.5 Å². The molecule has 452 valence electrons. The van der Waals surface area contributed by atoms with E-state index in [-0.39, 0.29) is 66.4 Å². The van der Waals surface area contributed by atoms with Crippen LogP contribution in [0.25, 0.3) is 0 Å². The van der Waals surface area contributed by atoms with Crippen molar-refractivity contribution in [3.8, 4) is 23.0 Å². The van der Waals surface area contributed by atoms with Crippen molar-refractivity contribution in [1.82, 2.24) is 5.32 Å². The molecule has 0 bridgehead atoms. The highest BCUT2D eigenvalue weighted by molar-refractivity contribution is 6.40. The number of allylic oxidation sites excluding steroid dienone is 2. The molecule has 2 heterocycles. The number of alkyl halides is 2. The number of carboxylic acids is 2. The van der Waals surface area contributed by atoms with Crippen molar-refractivity contribution < 1.29 is 43.5 Å². The molecule has 11 nitrogen and oxygen atoms in total. The molecule has 14 atom stereocenters. The first-order chi connectivity index (χ1) is 37.8. The molecule has 0 unspecified atom stereocenters. The fourth-order valence-corrected chi connectivity index (χ4v) is 20.1. The number of halogens is 2. The van der Waals surface area contributed by atoms with Gasteiger partial charge in [-0.25, -0.2) is 0 Å². The number of ether oxygens (including phenoxy) is 4. The topological polar surface area (TPSA) is 167 Å². The van der Waals surface area contributed by atoms with E-state index in [1.165, 1.54) is 33.4 Å². The third-order valence-electron chi connectivity index (χ3n) is 25.6. The summed E-state index contributed by atoms with van der Waals surface area (Å²) >= 11 is 9.53. The largest absolute Gasteiger partial charge is 0.481 e. The minimum atomic E-state index is -0.718. The van der Waals surface area contributed by atoms with Gasteiger partial charge in [-0.1, -0.05) is 78.7 Å². The van der Waals surface area contributed by atoms with Crippen LogP contribution in [0.2, 0.25) is 0 Å². The number of hydrogen-bond donors (Lipinski definition) is 4. The van der Waals surface area contributed by atoms with Crippen LogP contribution in [0.1, 0.15) is 239 Å². The van der Waals surface area contributed by atoms with Crippen molar-refractivity contribution in [1.29, 1.82) is 0 Å². The van der Waals surface area contributed by atoms with Crippen LogP contribution in [-0.2, 0) is 25.2 Å². The summed E-state index contributed by atoms with van der Waals surface area (Å²) in [5.74, 6) is 1.53. The van der Waals surface area contributed by atoms with Crippen LogP contribution in [0.4, 0.5) is 0 Å². The zero-order valence-corrected chi connectivity index (χ0v) is 54.2. The van der Waals surface area contributed by atoms with Crippen molar-refractivity contribution in [2.45, 2.75) is 242 Å². The molecular weight excluding hydrogens is 1070 g/mol. The van der Waals surface area contributed by atoms with E-state index < -0.39 is 34.3 Å². The second-order valence-electron chi connectivity index (χ2n) is 31.2. The summed E-state index contributed by atoms with van der Waals surface area (Å²) in [6.07, 6.45) is 18.8. The van der Waals surface area contributed by atoms with Crippen LogP contribution < -0.4 is 30.0 Å². The van der Waals surface area contributed by atoms with Gasteiger partial charge in [-0.2, -0.15) is 0 Å². The quantitative estimate of drug-likeness (QED) is 0.167. The van der Waals surface area contributed by atoms with Crippen molar-refractivity contribution in [2.75, 3.05) is 18.4 Å². The summed E-state index contributed by atoms with van der Waals surface area (Å²) in [7, 11) is 0. The Hall–Kier alpha value is -3.93. The van der Waals surface area contributed by atoms with E-state index in [1.807, 2.05) is 41.5 Å².